The normalized spacial score (nSPS) is 17.4. The monoisotopic (exact) mass is 679 g/mol. The predicted octanol–water partition coefficient (Wildman–Crippen LogP) is 4.88. The quantitative estimate of drug-likeness (QED) is 0.193. The average Bonchev–Trinajstić information content (AvgIpc) is 3.69. The molecular formula is C35H46FN7O4S. The summed E-state index contributed by atoms with van der Waals surface area (Å²) in [7, 11) is -3.49. The van der Waals surface area contributed by atoms with E-state index in [1.165, 1.54) is 17.7 Å². The lowest BCUT2D eigenvalue weighted by Crippen LogP contribution is -2.47. The number of ether oxygens (including phenoxy) is 1. The molecule has 0 saturated carbocycles. The van der Waals surface area contributed by atoms with E-state index < -0.39 is 22.0 Å². The zero-order chi connectivity index (χ0) is 33.7. The van der Waals surface area contributed by atoms with Gasteiger partial charge in [-0.2, -0.15) is 12.7 Å². The SMILES string of the molecule is CC(C)COC(=O)c1[nH]c2ccc(F)cc2c1-c1cn(CC2CCN(CCNS(=O)(=O)N3CCC(Cc4ccccc4)CC3)CC2)nn1. The van der Waals surface area contributed by atoms with E-state index in [1.54, 1.807) is 21.3 Å². The zero-order valence-electron chi connectivity index (χ0n) is 27.8. The summed E-state index contributed by atoms with van der Waals surface area (Å²) in [5.74, 6) is 0.145. The molecule has 6 rings (SSSR count). The van der Waals surface area contributed by atoms with Crippen molar-refractivity contribution in [2.45, 2.75) is 52.5 Å². The molecular weight excluding hydrogens is 633 g/mol. The van der Waals surface area contributed by atoms with Gasteiger partial charge in [0.05, 0.1) is 12.8 Å². The van der Waals surface area contributed by atoms with Crippen molar-refractivity contribution < 1.29 is 22.3 Å². The van der Waals surface area contributed by atoms with Crippen LogP contribution in [0.5, 0.6) is 0 Å². The molecule has 13 heteroatoms. The molecule has 2 aromatic heterocycles. The third-order valence-electron chi connectivity index (χ3n) is 9.45. The van der Waals surface area contributed by atoms with Crippen LogP contribution in [-0.2, 0) is 27.9 Å². The molecule has 2 aliphatic heterocycles. The van der Waals surface area contributed by atoms with E-state index in [-0.39, 0.29) is 18.2 Å². The Hall–Kier alpha value is -3.65. The van der Waals surface area contributed by atoms with Gasteiger partial charge in [0, 0.05) is 49.2 Å². The van der Waals surface area contributed by atoms with Crippen LogP contribution in [0.15, 0.2) is 54.7 Å². The van der Waals surface area contributed by atoms with E-state index in [2.05, 4.69) is 49.2 Å². The van der Waals surface area contributed by atoms with Gasteiger partial charge in [-0.1, -0.05) is 49.4 Å². The first-order chi connectivity index (χ1) is 23.1. The van der Waals surface area contributed by atoms with Crippen LogP contribution in [0.1, 0.15) is 55.6 Å². The van der Waals surface area contributed by atoms with Gasteiger partial charge in [0.2, 0.25) is 0 Å². The van der Waals surface area contributed by atoms with Crippen LogP contribution < -0.4 is 4.72 Å². The van der Waals surface area contributed by atoms with Crippen molar-refractivity contribution in [1.29, 1.82) is 0 Å². The van der Waals surface area contributed by atoms with Crippen LogP contribution in [0, 0.1) is 23.6 Å². The summed E-state index contributed by atoms with van der Waals surface area (Å²) in [5.41, 5.74) is 3.13. The van der Waals surface area contributed by atoms with Crippen molar-refractivity contribution in [2.24, 2.45) is 17.8 Å². The summed E-state index contributed by atoms with van der Waals surface area (Å²) < 4.78 is 51.9. The summed E-state index contributed by atoms with van der Waals surface area (Å²) >= 11 is 0. The molecule has 2 aliphatic rings. The van der Waals surface area contributed by atoms with E-state index >= 15 is 0 Å². The van der Waals surface area contributed by atoms with Gasteiger partial charge in [-0.25, -0.2) is 13.9 Å². The van der Waals surface area contributed by atoms with Crippen molar-refractivity contribution in [3.8, 4) is 11.3 Å². The molecule has 0 bridgehead atoms. The Morgan fingerprint density at radius 3 is 2.50 bits per heavy atom. The number of hydrogen-bond donors (Lipinski definition) is 2. The number of aromatic nitrogens is 4. The van der Waals surface area contributed by atoms with Crippen LogP contribution in [0.3, 0.4) is 0 Å². The van der Waals surface area contributed by atoms with E-state index in [0.717, 1.165) is 45.2 Å². The Morgan fingerprint density at radius 2 is 1.77 bits per heavy atom. The molecule has 0 radical (unpaired) electrons. The fourth-order valence-corrected chi connectivity index (χ4v) is 8.01. The fraction of sp³-hybridized carbons (Fsp3) is 0.514. The highest BCUT2D eigenvalue weighted by molar-refractivity contribution is 7.87. The largest absolute Gasteiger partial charge is 0.461 e. The van der Waals surface area contributed by atoms with Crippen LogP contribution >= 0.6 is 0 Å². The molecule has 0 unspecified atom stereocenters. The Bertz CT molecular complexity index is 1780. The minimum atomic E-state index is -3.49. The van der Waals surface area contributed by atoms with Crippen molar-refractivity contribution in [1.82, 2.24) is 33.9 Å². The van der Waals surface area contributed by atoms with Gasteiger partial charge in [0.25, 0.3) is 10.2 Å². The lowest BCUT2D eigenvalue weighted by Gasteiger charge is -2.33. The number of benzene rings is 2. The molecule has 48 heavy (non-hydrogen) atoms. The second-order valence-electron chi connectivity index (χ2n) is 13.6. The number of carbonyl (C=O) groups is 1. The second-order valence-corrected chi connectivity index (χ2v) is 15.4. The fourth-order valence-electron chi connectivity index (χ4n) is 6.78. The minimum Gasteiger partial charge on any atom is -0.461 e. The van der Waals surface area contributed by atoms with Crippen LogP contribution in [0.4, 0.5) is 4.39 Å². The molecule has 0 aliphatic carbocycles. The molecule has 11 nitrogen and oxygen atoms in total. The molecule has 0 atom stereocenters. The maximum Gasteiger partial charge on any atom is 0.355 e. The molecule has 2 saturated heterocycles. The summed E-state index contributed by atoms with van der Waals surface area (Å²) in [4.78, 5) is 18.4. The number of fused-ring (bicyclic) bond motifs is 1. The standard InChI is InChI=1S/C35H46FN7O4S/c1-25(2)24-47-35(44)34-33(30-21-29(36)8-9-31(30)38-34)32-23-42(40-39-32)22-28-10-15-41(16-11-28)19-14-37-48(45,46)43-17-12-27(13-18-43)20-26-6-4-3-5-7-26/h3-9,21,23,25,27-28,37-38H,10-20,22,24H2,1-2H3. The highest BCUT2D eigenvalue weighted by Crippen LogP contribution is 2.33. The Labute approximate surface area is 282 Å². The van der Waals surface area contributed by atoms with Crippen molar-refractivity contribution in [3.63, 3.8) is 0 Å². The first-order valence-electron chi connectivity index (χ1n) is 17.0. The summed E-state index contributed by atoms with van der Waals surface area (Å²) in [6.45, 7) is 8.76. The zero-order valence-corrected chi connectivity index (χ0v) is 28.6. The van der Waals surface area contributed by atoms with E-state index in [0.29, 0.717) is 66.7 Å². The lowest BCUT2D eigenvalue weighted by molar-refractivity contribution is 0.0454. The number of hydrogen-bond acceptors (Lipinski definition) is 7. The number of rotatable bonds is 13. The van der Waals surface area contributed by atoms with Gasteiger partial charge in [-0.15, -0.1) is 5.10 Å². The molecule has 0 spiro atoms. The topological polar surface area (TPSA) is 125 Å². The number of piperidine rings is 2. The molecule has 4 heterocycles. The number of carbonyl (C=O) groups excluding carboxylic acids is 1. The lowest BCUT2D eigenvalue weighted by atomic mass is 9.91. The summed E-state index contributed by atoms with van der Waals surface area (Å²) in [5, 5.41) is 9.26. The van der Waals surface area contributed by atoms with Crippen molar-refractivity contribution in [2.75, 3.05) is 45.9 Å². The predicted molar refractivity (Wildman–Crippen MR) is 183 cm³/mol. The molecule has 2 fully saturated rings. The smallest absolute Gasteiger partial charge is 0.355 e. The molecule has 258 valence electrons. The maximum absolute atomic E-state index is 14.2. The summed E-state index contributed by atoms with van der Waals surface area (Å²) in [6, 6.07) is 14.7. The van der Waals surface area contributed by atoms with Gasteiger partial charge in [0.1, 0.15) is 17.2 Å². The Morgan fingerprint density at radius 1 is 1.04 bits per heavy atom. The number of nitrogens with one attached hydrogen (secondary N) is 2. The van der Waals surface area contributed by atoms with Crippen LogP contribution in [-0.4, -0.2) is 89.4 Å². The van der Waals surface area contributed by atoms with Gasteiger partial charge in [-0.05, 0) is 86.7 Å². The first kappa shape index (κ1) is 34.2. The molecule has 0 amide bonds. The molecule has 4 aromatic rings. The highest BCUT2D eigenvalue weighted by atomic mass is 32.2. The number of H-pyrrole nitrogens is 1. The number of aromatic amines is 1. The average molecular weight is 680 g/mol. The number of halogens is 1. The van der Waals surface area contributed by atoms with Gasteiger partial charge in [0.15, 0.2) is 0 Å². The number of nitrogens with zero attached hydrogens (tertiary/aromatic N) is 5. The Kier molecular flexibility index (Phi) is 10.9. The Balaban J connectivity index is 0.971. The van der Waals surface area contributed by atoms with E-state index in [1.807, 2.05) is 19.9 Å². The van der Waals surface area contributed by atoms with Crippen molar-refractivity contribution in [3.05, 3.63) is 71.8 Å². The highest BCUT2D eigenvalue weighted by Gasteiger charge is 2.29. The van der Waals surface area contributed by atoms with Gasteiger partial charge < -0.3 is 14.6 Å². The molecule has 2 aromatic carbocycles. The van der Waals surface area contributed by atoms with E-state index in [9.17, 15) is 17.6 Å². The molecule has 2 N–H and O–H groups in total. The first-order valence-corrected chi connectivity index (χ1v) is 18.5. The maximum atomic E-state index is 14.2. The summed E-state index contributed by atoms with van der Waals surface area (Å²) in [6.07, 6.45) is 6.45. The van der Waals surface area contributed by atoms with E-state index in [4.69, 9.17) is 4.74 Å². The number of likely N-dealkylation sites (tertiary alicyclic amines) is 1. The third kappa shape index (κ3) is 8.49. The minimum absolute atomic E-state index is 0.175. The van der Waals surface area contributed by atoms with Gasteiger partial charge in [-0.3, -0.25) is 4.68 Å². The van der Waals surface area contributed by atoms with Gasteiger partial charge >= 0.3 is 5.97 Å². The third-order valence-corrected chi connectivity index (χ3v) is 11.1. The number of esters is 1. The second kappa shape index (κ2) is 15.3. The van der Waals surface area contributed by atoms with Crippen LogP contribution in [0.25, 0.3) is 22.2 Å². The van der Waals surface area contributed by atoms with Crippen LogP contribution in [0.2, 0.25) is 0 Å². The van der Waals surface area contributed by atoms with Crippen molar-refractivity contribution >= 4 is 27.1 Å².